The van der Waals surface area contributed by atoms with Gasteiger partial charge in [-0.2, -0.15) is 0 Å². The maximum atomic E-state index is 5.39. The van der Waals surface area contributed by atoms with Gasteiger partial charge in [-0.05, 0) is 32.2 Å². The molecule has 0 amide bonds. The van der Waals surface area contributed by atoms with E-state index in [0.717, 1.165) is 26.0 Å². The van der Waals surface area contributed by atoms with Crippen LogP contribution < -0.4 is 5.32 Å². The van der Waals surface area contributed by atoms with E-state index in [4.69, 9.17) is 14.2 Å². The standard InChI is InChI=1S/C12H25NO3/c1-14-8-9-16-7-3-6-13-11-4-5-12(10-11)15-2/h11-13H,3-10H2,1-2H3. The number of hydrogen-bond donors (Lipinski definition) is 1. The SMILES string of the molecule is COCCOCCCNC1CCC(OC)C1. The second-order valence-corrected chi connectivity index (χ2v) is 4.28. The van der Waals surface area contributed by atoms with E-state index >= 15 is 0 Å². The van der Waals surface area contributed by atoms with Crippen molar-refractivity contribution in [3.05, 3.63) is 0 Å². The zero-order chi connectivity index (χ0) is 11.6. The van der Waals surface area contributed by atoms with Crippen LogP contribution in [0.15, 0.2) is 0 Å². The molecule has 1 aliphatic rings. The first-order valence-electron chi connectivity index (χ1n) is 6.19. The smallest absolute Gasteiger partial charge is 0.0700 e. The summed E-state index contributed by atoms with van der Waals surface area (Å²) in [5, 5.41) is 3.55. The Hall–Kier alpha value is -0.160. The fourth-order valence-corrected chi connectivity index (χ4v) is 2.06. The van der Waals surface area contributed by atoms with Crippen LogP contribution in [0.2, 0.25) is 0 Å². The van der Waals surface area contributed by atoms with Gasteiger partial charge < -0.3 is 19.5 Å². The monoisotopic (exact) mass is 231 g/mol. The van der Waals surface area contributed by atoms with Crippen molar-refractivity contribution in [2.45, 2.75) is 37.8 Å². The van der Waals surface area contributed by atoms with Gasteiger partial charge >= 0.3 is 0 Å². The van der Waals surface area contributed by atoms with Crippen LogP contribution in [-0.4, -0.2) is 52.7 Å². The molecule has 0 aromatic heterocycles. The van der Waals surface area contributed by atoms with Crippen LogP contribution in [0.1, 0.15) is 25.7 Å². The van der Waals surface area contributed by atoms with Crippen molar-refractivity contribution in [3.8, 4) is 0 Å². The summed E-state index contributed by atoms with van der Waals surface area (Å²) in [5.41, 5.74) is 0. The highest BCUT2D eigenvalue weighted by molar-refractivity contribution is 4.80. The Morgan fingerprint density at radius 3 is 2.69 bits per heavy atom. The lowest BCUT2D eigenvalue weighted by molar-refractivity contribution is 0.0691. The molecular formula is C12H25NO3. The average molecular weight is 231 g/mol. The number of methoxy groups -OCH3 is 2. The molecule has 4 nitrogen and oxygen atoms in total. The van der Waals surface area contributed by atoms with Gasteiger partial charge in [0.15, 0.2) is 0 Å². The van der Waals surface area contributed by atoms with Gasteiger partial charge in [-0.25, -0.2) is 0 Å². The maximum absolute atomic E-state index is 5.39. The Balaban J connectivity index is 1.84. The molecule has 0 aromatic rings. The van der Waals surface area contributed by atoms with Crippen molar-refractivity contribution < 1.29 is 14.2 Å². The van der Waals surface area contributed by atoms with Gasteiger partial charge in [0.05, 0.1) is 19.3 Å². The first-order valence-corrected chi connectivity index (χ1v) is 6.19. The van der Waals surface area contributed by atoms with E-state index in [9.17, 15) is 0 Å². The summed E-state index contributed by atoms with van der Waals surface area (Å²) in [6, 6.07) is 0.643. The van der Waals surface area contributed by atoms with Crippen LogP contribution in [0.5, 0.6) is 0 Å². The molecular weight excluding hydrogens is 206 g/mol. The third-order valence-electron chi connectivity index (χ3n) is 3.05. The van der Waals surface area contributed by atoms with Crippen LogP contribution in [-0.2, 0) is 14.2 Å². The molecule has 1 N–H and O–H groups in total. The van der Waals surface area contributed by atoms with Crippen molar-refractivity contribution in [2.75, 3.05) is 40.6 Å². The molecule has 0 spiro atoms. The summed E-state index contributed by atoms with van der Waals surface area (Å²) in [7, 11) is 3.49. The third kappa shape index (κ3) is 5.80. The number of ether oxygens (including phenoxy) is 3. The lowest BCUT2D eigenvalue weighted by Gasteiger charge is -2.12. The predicted octanol–water partition coefficient (Wildman–Crippen LogP) is 1.20. The van der Waals surface area contributed by atoms with Crippen LogP contribution in [0.25, 0.3) is 0 Å². The highest BCUT2D eigenvalue weighted by Gasteiger charge is 2.23. The van der Waals surface area contributed by atoms with Gasteiger partial charge in [-0.1, -0.05) is 0 Å². The predicted molar refractivity (Wildman–Crippen MR) is 63.8 cm³/mol. The molecule has 96 valence electrons. The molecule has 16 heavy (non-hydrogen) atoms. The van der Waals surface area contributed by atoms with E-state index in [1.807, 2.05) is 0 Å². The second-order valence-electron chi connectivity index (χ2n) is 4.28. The van der Waals surface area contributed by atoms with Gasteiger partial charge in [0.1, 0.15) is 0 Å². The van der Waals surface area contributed by atoms with E-state index in [0.29, 0.717) is 25.4 Å². The van der Waals surface area contributed by atoms with Gasteiger partial charge in [0.25, 0.3) is 0 Å². The highest BCUT2D eigenvalue weighted by atomic mass is 16.5. The summed E-state index contributed by atoms with van der Waals surface area (Å²) in [6.07, 6.45) is 5.12. The van der Waals surface area contributed by atoms with E-state index in [1.54, 1.807) is 14.2 Å². The Labute approximate surface area is 98.6 Å². The quantitative estimate of drug-likeness (QED) is 0.605. The van der Waals surface area contributed by atoms with Crippen LogP contribution in [0.3, 0.4) is 0 Å². The number of nitrogens with one attached hydrogen (secondary N) is 1. The molecule has 2 atom stereocenters. The van der Waals surface area contributed by atoms with E-state index < -0.39 is 0 Å². The molecule has 1 rings (SSSR count). The molecule has 0 aliphatic heterocycles. The summed E-state index contributed by atoms with van der Waals surface area (Å²) < 4.78 is 15.6. The lowest BCUT2D eigenvalue weighted by atomic mass is 10.2. The number of hydrogen-bond acceptors (Lipinski definition) is 4. The molecule has 2 unspecified atom stereocenters. The molecule has 0 aromatic carbocycles. The van der Waals surface area contributed by atoms with Crippen molar-refractivity contribution in [2.24, 2.45) is 0 Å². The summed E-state index contributed by atoms with van der Waals surface area (Å²) in [4.78, 5) is 0. The van der Waals surface area contributed by atoms with Gasteiger partial charge in [-0.3, -0.25) is 0 Å². The highest BCUT2D eigenvalue weighted by Crippen LogP contribution is 2.21. The molecule has 0 saturated heterocycles. The normalized spacial score (nSPS) is 25.1. The zero-order valence-electron chi connectivity index (χ0n) is 10.5. The largest absolute Gasteiger partial charge is 0.382 e. The van der Waals surface area contributed by atoms with Crippen molar-refractivity contribution in [1.29, 1.82) is 0 Å². The molecule has 4 heteroatoms. The van der Waals surface area contributed by atoms with Crippen LogP contribution >= 0.6 is 0 Å². The first-order chi connectivity index (χ1) is 7.86. The fraction of sp³-hybridized carbons (Fsp3) is 1.00. The minimum absolute atomic E-state index is 0.468. The van der Waals surface area contributed by atoms with Crippen molar-refractivity contribution in [3.63, 3.8) is 0 Å². The maximum Gasteiger partial charge on any atom is 0.0700 e. The van der Waals surface area contributed by atoms with Crippen molar-refractivity contribution >= 4 is 0 Å². The van der Waals surface area contributed by atoms with E-state index in [-0.39, 0.29) is 0 Å². The molecule has 0 heterocycles. The van der Waals surface area contributed by atoms with E-state index in [1.165, 1.54) is 12.8 Å². The Morgan fingerprint density at radius 2 is 2.00 bits per heavy atom. The van der Waals surface area contributed by atoms with Crippen LogP contribution in [0, 0.1) is 0 Å². The molecule has 0 bridgehead atoms. The summed E-state index contributed by atoms with van der Waals surface area (Å²) in [5.74, 6) is 0. The van der Waals surface area contributed by atoms with Gasteiger partial charge in [0.2, 0.25) is 0 Å². The fourth-order valence-electron chi connectivity index (χ4n) is 2.06. The topological polar surface area (TPSA) is 39.7 Å². The molecule has 0 radical (unpaired) electrons. The Morgan fingerprint density at radius 1 is 1.12 bits per heavy atom. The summed E-state index contributed by atoms with van der Waals surface area (Å²) in [6.45, 7) is 3.24. The minimum atomic E-state index is 0.468. The molecule has 1 saturated carbocycles. The average Bonchev–Trinajstić information content (AvgIpc) is 2.76. The Kier molecular flexibility index (Phi) is 7.76. The van der Waals surface area contributed by atoms with Crippen LogP contribution in [0.4, 0.5) is 0 Å². The lowest BCUT2D eigenvalue weighted by Crippen LogP contribution is -2.28. The van der Waals surface area contributed by atoms with E-state index in [2.05, 4.69) is 5.32 Å². The summed E-state index contributed by atoms with van der Waals surface area (Å²) >= 11 is 0. The minimum Gasteiger partial charge on any atom is -0.382 e. The third-order valence-corrected chi connectivity index (χ3v) is 3.05. The first kappa shape index (κ1) is 13.9. The second kappa shape index (κ2) is 8.93. The van der Waals surface area contributed by atoms with Gasteiger partial charge in [-0.15, -0.1) is 0 Å². The molecule has 1 fully saturated rings. The Bertz CT molecular complexity index is 166. The number of rotatable bonds is 9. The van der Waals surface area contributed by atoms with Crippen molar-refractivity contribution in [1.82, 2.24) is 5.32 Å². The zero-order valence-corrected chi connectivity index (χ0v) is 10.5. The van der Waals surface area contributed by atoms with Gasteiger partial charge in [0, 0.05) is 26.9 Å². The molecule has 1 aliphatic carbocycles.